The number of halogens is 3. The number of rotatable bonds is 3. The lowest BCUT2D eigenvalue weighted by atomic mass is 10.4. The van der Waals surface area contributed by atoms with E-state index in [0.29, 0.717) is 12.3 Å². The molecule has 0 radical (unpaired) electrons. The summed E-state index contributed by atoms with van der Waals surface area (Å²) in [4.78, 5) is 3.42. The molecule has 16 heavy (non-hydrogen) atoms. The van der Waals surface area contributed by atoms with Crippen LogP contribution >= 0.6 is 11.3 Å². The molecule has 0 aliphatic carbocycles. The third-order valence-corrected chi connectivity index (χ3v) is 2.59. The molecule has 3 nitrogen and oxygen atoms in total. The Bertz CT molecular complexity index is 450. The van der Waals surface area contributed by atoms with Crippen molar-refractivity contribution >= 4 is 16.5 Å². The van der Waals surface area contributed by atoms with Gasteiger partial charge in [-0.05, 0) is 12.1 Å². The molecule has 2 aromatic heterocycles. The van der Waals surface area contributed by atoms with Gasteiger partial charge in [-0.15, -0.1) is 11.3 Å². The van der Waals surface area contributed by atoms with Crippen molar-refractivity contribution in [3.8, 4) is 0 Å². The van der Waals surface area contributed by atoms with E-state index in [0.717, 1.165) is 16.7 Å². The van der Waals surface area contributed by atoms with Crippen molar-refractivity contribution in [1.82, 2.24) is 4.98 Å². The summed E-state index contributed by atoms with van der Waals surface area (Å²) in [6, 6.07) is 3.44. The summed E-state index contributed by atoms with van der Waals surface area (Å²) in [5.74, 6) is 0.642. The lowest BCUT2D eigenvalue weighted by molar-refractivity contribution is -0.140. The second kappa shape index (κ2) is 4.17. The molecule has 0 fully saturated rings. The van der Waals surface area contributed by atoms with Crippen molar-refractivity contribution in [3.05, 3.63) is 35.2 Å². The van der Waals surface area contributed by atoms with Crippen LogP contribution in [0.15, 0.2) is 28.2 Å². The Morgan fingerprint density at radius 2 is 2.25 bits per heavy atom. The summed E-state index contributed by atoms with van der Waals surface area (Å²) in [6.07, 6.45) is -2.89. The Kier molecular flexibility index (Phi) is 2.86. The zero-order chi connectivity index (χ0) is 11.6. The van der Waals surface area contributed by atoms with Crippen LogP contribution in [0.5, 0.6) is 0 Å². The fourth-order valence-corrected chi connectivity index (χ4v) is 1.78. The van der Waals surface area contributed by atoms with Gasteiger partial charge in [0.2, 0.25) is 0 Å². The molecule has 0 aliphatic heterocycles. The van der Waals surface area contributed by atoms with Crippen molar-refractivity contribution in [3.63, 3.8) is 0 Å². The first-order valence-corrected chi connectivity index (χ1v) is 5.22. The smallest absolute Gasteiger partial charge is 0.434 e. The Labute approximate surface area is 92.9 Å². The van der Waals surface area contributed by atoms with Crippen LogP contribution in [0.1, 0.15) is 11.5 Å². The molecule has 1 N–H and O–H groups in total. The fourth-order valence-electron chi connectivity index (χ4n) is 1.06. The highest BCUT2D eigenvalue weighted by molar-refractivity contribution is 7.13. The zero-order valence-corrected chi connectivity index (χ0v) is 8.73. The topological polar surface area (TPSA) is 38.1 Å². The summed E-state index contributed by atoms with van der Waals surface area (Å²) >= 11 is 0.914. The first-order chi connectivity index (χ1) is 7.55. The molecule has 2 heterocycles. The van der Waals surface area contributed by atoms with E-state index in [1.807, 2.05) is 0 Å². The number of hydrogen-bond donors (Lipinski definition) is 1. The molecular weight excluding hydrogens is 241 g/mol. The molecule has 0 saturated carbocycles. The van der Waals surface area contributed by atoms with Crippen molar-refractivity contribution in [2.75, 3.05) is 5.32 Å². The fraction of sp³-hybridized carbons (Fsp3) is 0.222. The van der Waals surface area contributed by atoms with Crippen LogP contribution in [0.3, 0.4) is 0 Å². The number of thiazole rings is 1. The van der Waals surface area contributed by atoms with Gasteiger partial charge >= 0.3 is 6.18 Å². The van der Waals surface area contributed by atoms with Gasteiger partial charge in [0.25, 0.3) is 0 Å². The minimum Gasteiger partial charge on any atom is -0.467 e. The number of anilines is 1. The first-order valence-electron chi connectivity index (χ1n) is 4.34. The highest BCUT2D eigenvalue weighted by atomic mass is 32.1. The highest BCUT2D eigenvalue weighted by Crippen LogP contribution is 2.31. The van der Waals surface area contributed by atoms with E-state index in [2.05, 4.69) is 10.3 Å². The summed E-state index contributed by atoms with van der Waals surface area (Å²) in [7, 11) is 0. The maximum atomic E-state index is 12.2. The summed E-state index contributed by atoms with van der Waals surface area (Å²) in [6.45, 7) is 0.317. The molecule has 0 aliphatic rings. The van der Waals surface area contributed by atoms with Crippen LogP contribution in [0.25, 0.3) is 0 Å². The van der Waals surface area contributed by atoms with Gasteiger partial charge in [-0.1, -0.05) is 0 Å². The normalized spacial score (nSPS) is 11.7. The quantitative estimate of drug-likeness (QED) is 0.905. The summed E-state index contributed by atoms with van der Waals surface area (Å²) < 4.78 is 41.7. The van der Waals surface area contributed by atoms with E-state index in [9.17, 15) is 13.2 Å². The molecule has 0 spiro atoms. The van der Waals surface area contributed by atoms with Gasteiger partial charge in [-0.3, -0.25) is 0 Å². The first kappa shape index (κ1) is 11.0. The van der Waals surface area contributed by atoms with Crippen LogP contribution in [-0.2, 0) is 12.7 Å². The molecule has 0 atom stereocenters. The maximum absolute atomic E-state index is 12.2. The molecule has 7 heteroatoms. The largest absolute Gasteiger partial charge is 0.467 e. The Hall–Kier alpha value is -1.50. The van der Waals surface area contributed by atoms with E-state index in [1.165, 1.54) is 6.26 Å². The molecule has 2 aromatic rings. The van der Waals surface area contributed by atoms with Gasteiger partial charge < -0.3 is 9.73 Å². The molecule has 0 bridgehead atoms. The predicted octanol–water partition coefficient (Wildman–Crippen LogP) is 3.37. The molecule has 0 unspecified atom stereocenters. The molecular formula is C9H7F3N2OS. The predicted molar refractivity (Wildman–Crippen MR) is 53.2 cm³/mol. The minimum absolute atomic E-state index is 0.226. The van der Waals surface area contributed by atoms with Gasteiger partial charge in [-0.25, -0.2) is 4.98 Å². The minimum atomic E-state index is -4.39. The number of hydrogen-bond acceptors (Lipinski definition) is 4. The lowest BCUT2D eigenvalue weighted by Crippen LogP contribution is -2.06. The average Bonchev–Trinajstić information content (AvgIpc) is 2.85. The second-order valence-electron chi connectivity index (χ2n) is 2.97. The third kappa shape index (κ3) is 2.54. The van der Waals surface area contributed by atoms with Crippen molar-refractivity contribution < 1.29 is 17.6 Å². The number of nitrogens with one attached hydrogen (secondary N) is 1. The maximum Gasteiger partial charge on any atom is 0.434 e. The molecule has 0 amide bonds. The molecule has 86 valence electrons. The highest BCUT2D eigenvalue weighted by Gasteiger charge is 2.33. The van der Waals surface area contributed by atoms with E-state index in [4.69, 9.17) is 4.42 Å². The van der Waals surface area contributed by atoms with Gasteiger partial charge in [0, 0.05) is 5.38 Å². The summed E-state index contributed by atoms with van der Waals surface area (Å²) in [5, 5.41) is 3.96. The van der Waals surface area contributed by atoms with Gasteiger partial charge in [0.1, 0.15) is 5.76 Å². The average molecular weight is 248 g/mol. The monoisotopic (exact) mass is 248 g/mol. The van der Waals surface area contributed by atoms with Crippen LogP contribution in [0.4, 0.5) is 18.3 Å². The standard InChI is InChI=1S/C9H7F3N2OS/c10-9(11,12)7-5-16-8(14-7)13-4-6-2-1-3-15-6/h1-3,5H,4H2,(H,13,14). The van der Waals surface area contributed by atoms with Crippen LogP contribution in [-0.4, -0.2) is 4.98 Å². The van der Waals surface area contributed by atoms with Crippen LogP contribution in [0.2, 0.25) is 0 Å². The SMILES string of the molecule is FC(F)(F)c1csc(NCc2ccco2)n1. The van der Waals surface area contributed by atoms with E-state index in [1.54, 1.807) is 12.1 Å². The van der Waals surface area contributed by atoms with Crippen molar-refractivity contribution in [1.29, 1.82) is 0 Å². The number of furan rings is 1. The molecule has 0 saturated heterocycles. The van der Waals surface area contributed by atoms with E-state index in [-0.39, 0.29) is 5.13 Å². The molecule has 0 aromatic carbocycles. The third-order valence-electron chi connectivity index (χ3n) is 1.79. The number of nitrogens with zero attached hydrogens (tertiary/aromatic N) is 1. The van der Waals surface area contributed by atoms with E-state index < -0.39 is 11.9 Å². The second-order valence-corrected chi connectivity index (χ2v) is 3.83. The van der Waals surface area contributed by atoms with Crippen LogP contribution < -0.4 is 5.32 Å². The van der Waals surface area contributed by atoms with Crippen LogP contribution in [0, 0.1) is 0 Å². The van der Waals surface area contributed by atoms with Gasteiger partial charge in [0.15, 0.2) is 10.8 Å². The van der Waals surface area contributed by atoms with Crippen molar-refractivity contribution in [2.45, 2.75) is 12.7 Å². The zero-order valence-electron chi connectivity index (χ0n) is 7.91. The lowest BCUT2D eigenvalue weighted by Gasteiger charge is -2.01. The number of aromatic nitrogens is 1. The summed E-state index contributed by atoms with van der Waals surface area (Å²) in [5.41, 5.74) is -0.876. The van der Waals surface area contributed by atoms with Gasteiger partial charge in [0.05, 0.1) is 12.8 Å². The van der Waals surface area contributed by atoms with Gasteiger partial charge in [-0.2, -0.15) is 13.2 Å². The van der Waals surface area contributed by atoms with Crippen molar-refractivity contribution in [2.24, 2.45) is 0 Å². The Morgan fingerprint density at radius 3 is 2.81 bits per heavy atom. The Morgan fingerprint density at radius 1 is 1.44 bits per heavy atom. The van der Waals surface area contributed by atoms with E-state index >= 15 is 0 Å². The molecule has 2 rings (SSSR count). The number of alkyl halides is 3. The Balaban J connectivity index is 1.98.